The second-order valence-electron chi connectivity index (χ2n) is 2.85. The Bertz CT molecular complexity index is 359. The summed E-state index contributed by atoms with van der Waals surface area (Å²) in [5.41, 5.74) is -4.30. The summed E-state index contributed by atoms with van der Waals surface area (Å²) in [4.78, 5) is 10.9. The van der Waals surface area contributed by atoms with Crippen LogP contribution in [0.4, 0.5) is 13.2 Å². The van der Waals surface area contributed by atoms with E-state index >= 15 is 0 Å². The number of carbonyl (C=O) groups excluding carboxylic acids is 1. The maximum atomic E-state index is 12.0. The number of esters is 1. The van der Waals surface area contributed by atoms with Crippen molar-refractivity contribution >= 4 is 17.7 Å². The molecule has 0 aliphatic carbocycles. The molecular formula is C10H9F3O2S. The number of benzene rings is 1. The Morgan fingerprint density at radius 2 is 1.88 bits per heavy atom. The molecule has 0 saturated heterocycles. The molecule has 0 aliphatic heterocycles. The SMILES string of the molecule is CCC(=O)Oc1ccc(SC(F)(F)F)cc1. The molecule has 88 valence electrons. The van der Waals surface area contributed by atoms with Crippen molar-refractivity contribution < 1.29 is 22.7 Å². The second kappa shape index (κ2) is 5.25. The van der Waals surface area contributed by atoms with Crippen LogP contribution in [0.15, 0.2) is 29.2 Å². The standard InChI is InChI=1S/C10H9F3O2S/c1-2-9(14)15-7-3-5-8(6-4-7)16-10(11,12)13/h3-6H,2H2,1H3. The Kier molecular flexibility index (Phi) is 4.23. The normalized spacial score (nSPS) is 11.2. The van der Waals surface area contributed by atoms with Gasteiger partial charge in [0.1, 0.15) is 5.75 Å². The van der Waals surface area contributed by atoms with E-state index in [-0.39, 0.29) is 28.8 Å². The van der Waals surface area contributed by atoms with Crippen LogP contribution in [0.2, 0.25) is 0 Å². The van der Waals surface area contributed by atoms with Crippen LogP contribution in [-0.4, -0.2) is 11.5 Å². The van der Waals surface area contributed by atoms with E-state index in [0.717, 1.165) is 0 Å². The zero-order chi connectivity index (χ0) is 12.2. The molecule has 0 spiro atoms. The van der Waals surface area contributed by atoms with Gasteiger partial charge in [-0.15, -0.1) is 0 Å². The molecule has 0 fully saturated rings. The topological polar surface area (TPSA) is 26.3 Å². The summed E-state index contributed by atoms with van der Waals surface area (Å²) in [5, 5.41) is 0. The highest BCUT2D eigenvalue weighted by atomic mass is 32.2. The molecule has 0 unspecified atom stereocenters. The van der Waals surface area contributed by atoms with Gasteiger partial charge in [0.15, 0.2) is 0 Å². The van der Waals surface area contributed by atoms with Crippen molar-refractivity contribution in [3.05, 3.63) is 24.3 Å². The molecule has 0 aromatic heterocycles. The van der Waals surface area contributed by atoms with Crippen molar-refractivity contribution in [2.45, 2.75) is 23.7 Å². The Morgan fingerprint density at radius 1 is 1.31 bits per heavy atom. The number of carbonyl (C=O) groups is 1. The van der Waals surface area contributed by atoms with Crippen molar-refractivity contribution in [1.29, 1.82) is 0 Å². The Balaban J connectivity index is 2.64. The minimum atomic E-state index is -4.30. The van der Waals surface area contributed by atoms with E-state index in [1.54, 1.807) is 6.92 Å². The Hall–Kier alpha value is -1.17. The largest absolute Gasteiger partial charge is 0.446 e. The zero-order valence-electron chi connectivity index (χ0n) is 8.38. The molecule has 0 amide bonds. The van der Waals surface area contributed by atoms with Crippen LogP contribution in [-0.2, 0) is 4.79 Å². The van der Waals surface area contributed by atoms with Crippen molar-refractivity contribution in [1.82, 2.24) is 0 Å². The highest BCUT2D eigenvalue weighted by Gasteiger charge is 2.29. The molecule has 0 saturated carbocycles. The minimum absolute atomic E-state index is 0.0591. The van der Waals surface area contributed by atoms with Gasteiger partial charge in [-0.3, -0.25) is 4.79 Å². The number of thioether (sulfide) groups is 1. The van der Waals surface area contributed by atoms with Gasteiger partial charge in [0.05, 0.1) is 0 Å². The fourth-order valence-corrected chi connectivity index (χ4v) is 1.45. The quantitative estimate of drug-likeness (QED) is 0.465. The molecular weight excluding hydrogens is 241 g/mol. The average molecular weight is 250 g/mol. The molecule has 1 rings (SSSR count). The van der Waals surface area contributed by atoms with E-state index < -0.39 is 11.5 Å². The van der Waals surface area contributed by atoms with E-state index in [9.17, 15) is 18.0 Å². The predicted molar refractivity (Wildman–Crippen MR) is 54.3 cm³/mol. The summed E-state index contributed by atoms with van der Waals surface area (Å²) in [6.45, 7) is 1.64. The molecule has 1 aromatic rings. The van der Waals surface area contributed by atoms with Crippen molar-refractivity contribution in [2.24, 2.45) is 0 Å². The molecule has 0 bridgehead atoms. The van der Waals surface area contributed by atoms with Crippen LogP contribution in [0.1, 0.15) is 13.3 Å². The lowest BCUT2D eigenvalue weighted by molar-refractivity contribution is -0.134. The van der Waals surface area contributed by atoms with Gasteiger partial charge in [0, 0.05) is 11.3 Å². The third kappa shape index (κ3) is 4.57. The van der Waals surface area contributed by atoms with Gasteiger partial charge >= 0.3 is 11.5 Å². The molecule has 0 atom stereocenters. The summed E-state index contributed by atoms with van der Waals surface area (Å²) in [7, 11) is 0. The van der Waals surface area contributed by atoms with Gasteiger partial charge in [-0.1, -0.05) is 6.92 Å². The monoisotopic (exact) mass is 250 g/mol. The lowest BCUT2D eigenvalue weighted by Crippen LogP contribution is -2.05. The summed E-state index contributed by atoms with van der Waals surface area (Å²) < 4.78 is 40.8. The van der Waals surface area contributed by atoms with Gasteiger partial charge in [-0.05, 0) is 36.0 Å². The van der Waals surface area contributed by atoms with E-state index in [1.165, 1.54) is 24.3 Å². The number of hydrogen-bond acceptors (Lipinski definition) is 3. The molecule has 16 heavy (non-hydrogen) atoms. The number of rotatable bonds is 3. The van der Waals surface area contributed by atoms with Gasteiger partial charge in [0.2, 0.25) is 0 Å². The van der Waals surface area contributed by atoms with Crippen LogP contribution in [0.3, 0.4) is 0 Å². The smallest absolute Gasteiger partial charge is 0.427 e. The molecule has 1 aromatic carbocycles. The van der Waals surface area contributed by atoms with E-state index in [4.69, 9.17) is 4.74 Å². The summed E-state index contributed by atoms with van der Waals surface area (Å²) in [6.07, 6.45) is 0.221. The first kappa shape index (κ1) is 12.9. The fraction of sp³-hybridized carbons (Fsp3) is 0.300. The van der Waals surface area contributed by atoms with Crippen LogP contribution < -0.4 is 4.74 Å². The second-order valence-corrected chi connectivity index (χ2v) is 3.99. The van der Waals surface area contributed by atoms with Crippen molar-refractivity contribution in [2.75, 3.05) is 0 Å². The molecule has 6 heteroatoms. The van der Waals surface area contributed by atoms with Crippen LogP contribution in [0.5, 0.6) is 5.75 Å². The molecule has 0 heterocycles. The molecule has 0 aliphatic rings. The van der Waals surface area contributed by atoms with E-state index in [2.05, 4.69) is 0 Å². The summed E-state index contributed by atoms with van der Waals surface area (Å²) in [6, 6.07) is 5.19. The van der Waals surface area contributed by atoms with E-state index in [1.807, 2.05) is 0 Å². The number of alkyl halides is 3. The summed E-state index contributed by atoms with van der Waals surface area (Å²) in [5.74, 6) is -0.172. The van der Waals surface area contributed by atoms with E-state index in [0.29, 0.717) is 0 Å². The summed E-state index contributed by atoms with van der Waals surface area (Å²) >= 11 is -0.206. The third-order valence-electron chi connectivity index (χ3n) is 1.58. The molecule has 0 radical (unpaired) electrons. The van der Waals surface area contributed by atoms with Crippen molar-refractivity contribution in [3.8, 4) is 5.75 Å². The minimum Gasteiger partial charge on any atom is -0.427 e. The lowest BCUT2D eigenvalue weighted by Gasteiger charge is -2.06. The van der Waals surface area contributed by atoms with Crippen LogP contribution in [0.25, 0.3) is 0 Å². The van der Waals surface area contributed by atoms with Crippen LogP contribution in [0, 0.1) is 0 Å². The average Bonchev–Trinajstić information content (AvgIpc) is 2.18. The van der Waals surface area contributed by atoms with Gasteiger partial charge in [0.25, 0.3) is 0 Å². The lowest BCUT2D eigenvalue weighted by atomic mass is 10.3. The van der Waals surface area contributed by atoms with Gasteiger partial charge < -0.3 is 4.74 Å². The predicted octanol–water partition coefficient (Wildman–Crippen LogP) is 3.61. The number of hydrogen-bond donors (Lipinski definition) is 0. The maximum Gasteiger partial charge on any atom is 0.446 e. The zero-order valence-corrected chi connectivity index (χ0v) is 9.19. The van der Waals surface area contributed by atoms with Crippen molar-refractivity contribution in [3.63, 3.8) is 0 Å². The molecule has 0 N–H and O–H groups in total. The number of halogens is 3. The highest BCUT2D eigenvalue weighted by molar-refractivity contribution is 8.00. The first-order chi connectivity index (χ1) is 7.40. The van der Waals surface area contributed by atoms with Crippen LogP contribution >= 0.6 is 11.8 Å². The number of ether oxygens (including phenoxy) is 1. The maximum absolute atomic E-state index is 12.0. The first-order valence-corrected chi connectivity index (χ1v) is 5.29. The highest BCUT2D eigenvalue weighted by Crippen LogP contribution is 2.37. The fourth-order valence-electron chi connectivity index (χ4n) is 0.913. The first-order valence-electron chi connectivity index (χ1n) is 4.47. The Morgan fingerprint density at radius 3 is 2.31 bits per heavy atom. The van der Waals surface area contributed by atoms with Gasteiger partial charge in [-0.25, -0.2) is 0 Å². The van der Waals surface area contributed by atoms with Gasteiger partial charge in [-0.2, -0.15) is 13.2 Å². The molecule has 2 nitrogen and oxygen atoms in total. The Labute approximate surface area is 94.8 Å². The third-order valence-corrected chi connectivity index (χ3v) is 2.32.